The molecule has 1 aliphatic rings. The minimum atomic E-state index is -0.303. The number of thiazole rings is 1. The molecule has 1 aromatic carbocycles. The molecule has 0 bridgehead atoms. The number of likely N-dealkylation sites (tertiary alicyclic amines) is 1. The predicted octanol–water partition coefficient (Wildman–Crippen LogP) is 2.62. The van der Waals surface area contributed by atoms with Crippen molar-refractivity contribution in [3.8, 4) is 0 Å². The van der Waals surface area contributed by atoms with Crippen molar-refractivity contribution < 1.29 is 14.3 Å². The van der Waals surface area contributed by atoms with Gasteiger partial charge in [-0.3, -0.25) is 4.79 Å². The number of carbonyl (C=O) groups is 2. The summed E-state index contributed by atoms with van der Waals surface area (Å²) in [6.07, 6.45) is 2.28. The summed E-state index contributed by atoms with van der Waals surface area (Å²) in [4.78, 5) is 30.0. The SMILES string of the molecule is COC(=O)N1CCC(NC(=O)Cc2csc(Cc3ccccc3)n2)CC1. The average molecular weight is 373 g/mol. The molecular formula is C19H23N3O3S. The van der Waals surface area contributed by atoms with E-state index in [0.29, 0.717) is 19.5 Å². The summed E-state index contributed by atoms with van der Waals surface area (Å²) in [5, 5.41) is 6.03. The van der Waals surface area contributed by atoms with Crippen molar-refractivity contribution in [2.75, 3.05) is 20.2 Å². The third kappa shape index (κ3) is 5.05. The molecule has 2 amide bonds. The van der Waals surface area contributed by atoms with Crippen LogP contribution >= 0.6 is 11.3 Å². The maximum Gasteiger partial charge on any atom is 0.409 e. The Morgan fingerprint density at radius 2 is 2.00 bits per heavy atom. The van der Waals surface area contributed by atoms with E-state index in [1.165, 1.54) is 12.7 Å². The van der Waals surface area contributed by atoms with E-state index in [2.05, 4.69) is 22.4 Å². The number of methoxy groups -OCH3 is 1. The first-order valence-electron chi connectivity index (χ1n) is 8.73. The van der Waals surface area contributed by atoms with Gasteiger partial charge in [0, 0.05) is 30.9 Å². The van der Waals surface area contributed by atoms with E-state index in [9.17, 15) is 9.59 Å². The Kier molecular flexibility index (Phi) is 6.22. The van der Waals surface area contributed by atoms with Crippen molar-refractivity contribution >= 4 is 23.3 Å². The molecule has 1 N–H and O–H groups in total. The molecule has 7 heteroatoms. The Bertz CT molecular complexity index is 739. The molecule has 1 aliphatic heterocycles. The molecule has 26 heavy (non-hydrogen) atoms. The number of rotatable bonds is 5. The molecule has 1 saturated heterocycles. The van der Waals surface area contributed by atoms with Gasteiger partial charge in [-0.25, -0.2) is 9.78 Å². The molecule has 2 aromatic rings. The normalized spacial score (nSPS) is 14.9. The van der Waals surface area contributed by atoms with E-state index in [0.717, 1.165) is 30.0 Å². The van der Waals surface area contributed by atoms with E-state index in [-0.39, 0.29) is 18.0 Å². The molecule has 0 spiro atoms. The van der Waals surface area contributed by atoms with Crippen LogP contribution in [0.3, 0.4) is 0 Å². The Morgan fingerprint density at radius 1 is 1.27 bits per heavy atom. The van der Waals surface area contributed by atoms with Crippen molar-refractivity contribution in [3.05, 3.63) is 52.0 Å². The number of hydrogen-bond acceptors (Lipinski definition) is 5. The fourth-order valence-electron chi connectivity index (χ4n) is 3.06. The molecule has 6 nitrogen and oxygen atoms in total. The van der Waals surface area contributed by atoms with Gasteiger partial charge in [0.25, 0.3) is 0 Å². The van der Waals surface area contributed by atoms with Crippen molar-refractivity contribution in [3.63, 3.8) is 0 Å². The average Bonchev–Trinajstić information content (AvgIpc) is 3.09. The summed E-state index contributed by atoms with van der Waals surface area (Å²) in [5.74, 6) is -0.0157. The van der Waals surface area contributed by atoms with Crippen LogP contribution in [0.2, 0.25) is 0 Å². The van der Waals surface area contributed by atoms with Crippen LogP contribution in [0.15, 0.2) is 35.7 Å². The molecule has 2 heterocycles. The van der Waals surface area contributed by atoms with Gasteiger partial charge in [-0.15, -0.1) is 11.3 Å². The largest absolute Gasteiger partial charge is 0.453 e. The molecule has 1 fully saturated rings. The van der Waals surface area contributed by atoms with Crippen LogP contribution < -0.4 is 5.32 Å². The van der Waals surface area contributed by atoms with Gasteiger partial charge in [-0.05, 0) is 18.4 Å². The Morgan fingerprint density at radius 3 is 2.69 bits per heavy atom. The van der Waals surface area contributed by atoms with Gasteiger partial charge >= 0.3 is 6.09 Å². The van der Waals surface area contributed by atoms with E-state index in [1.807, 2.05) is 23.6 Å². The molecule has 1 aromatic heterocycles. The predicted molar refractivity (Wildman–Crippen MR) is 100 cm³/mol. The zero-order valence-electron chi connectivity index (χ0n) is 14.8. The molecule has 3 rings (SSSR count). The summed E-state index contributed by atoms with van der Waals surface area (Å²) in [5.41, 5.74) is 2.03. The van der Waals surface area contributed by atoms with Crippen molar-refractivity contribution in [1.82, 2.24) is 15.2 Å². The highest BCUT2D eigenvalue weighted by atomic mass is 32.1. The standard InChI is InChI=1S/C19H23N3O3S/c1-25-19(24)22-9-7-15(8-10-22)20-17(23)12-16-13-26-18(21-16)11-14-5-3-2-4-6-14/h2-6,13,15H,7-12H2,1H3,(H,20,23). The van der Waals surface area contributed by atoms with Gasteiger partial charge in [0.2, 0.25) is 5.91 Å². The third-order valence-electron chi connectivity index (χ3n) is 4.43. The van der Waals surface area contributed by atoms with Crippen LogP contribution in [0, 0.1) is 0 Å². The number of benzene rings is 1. The molecule has 0 aliphatic carbocycles. The Labute approximate surface area is 157 Å². The lowest BCUT2D eigenvalue weighted by molar-refractivity contribution is -0.121. The van der Waals surface area contributed by atoms with Crippen LogP contribution in [0.1, 0.15) is 29.1 Å². The Balaban J connectivity index is 1.45. The molecule has 0 radical (unpaired) electrons. The number of piperidine rings is 1. The zero-order chi connectivity index (χ0) is 18.4. The molecule has 0 unspecified atom stereocenters. The van der Waals surface area contributed by atoms with Crippen molar-refractivity contribution in [2.45, 2.75) is 31.7 Å². The first-order chi connectivity index (χ1) is 12.6. The second-order valence-corrected chi connectivity index (χ2v) is 7.31. The minimum absolute atomic E-state index is 0.0157. The van der Waals surface area contributed by atoms with Crippen LogP contribution in [-0.4, -0.2) is 48.1 Å². The highest BCUT2D eigenvalue weighted by Crippen LogP contribution is 2.16. The number of amides is 2. The number of hydrogen-bond donors (Lipinski definition) is 1. The lowest BCUT2D eigenvalue weighted by atomic mass is 10.1. The zero-order valence-corrected chi connectivity index (χ0v) is 15.6. The lowest BCUT2D eigenvalue weighted by Crippen LogP contribution is -2.46. The summed E-state index contributed by atoms with van der Waals surface area (Å²) >= 11 is 1.59. The number of nitrogens with one attached hydrogen (secondary N) is 1. The van der Waals surface area contributed by atoms with Gasteiger partial charge in [0.05, 0.1) is 24.2 Å². The maximum atomic E-state index is 12.3. The molecular weight excluding hydrogens is 350 g/mol. The van der Waals surface area contributed by atoms with Crippen LogP contribution in [0.5, 0.6) is 0 Å². The summed E-state index contributed by atoms with van der Waals surface area (Å²) < 4.78 is 4.72. The maximum absolute atomic E-state index is 12.3. The van der Waals surface area contributed by atoms with Gasteiger partial charge in [-0.2, -0.15) is 0 Å². The second-order valence-electron chi connectivity index (χ2n) is 6.37. The van der Waals surface area contributed by atoms with Gasteiger partial charge in [0.1, 0.15) is 0 Å². The molecule has 138 valence electrons. The number of ether oxygens (including phenoxy) is 1. The monoisotopic (exact) mass is 373 g/mol. The second kappa shape index (κ2) is 8.80. The fraction of sp³-hybridized carbons (Fsp3) is 0.421. The lowest BCUT2D eigenvalue weighted by Gasteiger charge is -2.31. The quantitative estimate of drug-likeness (QED) is 0.875. The van der Waals surface area contributed by atoms with Gasteiger partial charge < -0.3 is 15.0 Å². The summed E-state index contributed by atoms with van der Waals surface area (Å²) in [6, 6.07) is 10.3. The van der Waals surface area contributed by atoms with Crippen molar-refractivity contribution in [2.24, 2.45) is 0 Å². The fourth-order valence-corrected chi connectivity index (χ4v) is 3.89. The van der Waals surface area contributed by atoms with E-state index >= 15 is 0 Å². The molecule has 0 saturated carbocycles. The summed E-state index contributed by atoms with van der Waals surface area (Å²) in [6.45, 7) is 1.21. The number of nitrogens with zero attached hydrogens (tertiary/aromatic N) is 2. The van der Waals surface area contributed by atoms with Crippen molar-refractivity contribution in [1.29, 1.82) is 0 Å². The third-order valence-corrected chi connectivity index (χ3v) is 5.33. The highest BCUT2D eigenvalue weighted by molar-refractivity contribution is 7.09. The van der Waals surface area contributed by atoms with Gasteiger partial charge in [0.15, 0.2) is 0 Å². The van der Waals surface area contributed by atoms with E-state index in [1.54, 1.807) is 16.2 Å². The number of aromatic nitrogens is 1. The van der Waals surface area contributed by atoms with Gasteiger partial charge in [-0.1, -0.05) is 30.3 Å². The Hall–Kier alpha value is -2.41. The summed E-state index contributed by atoms with van der Waals surface area (Å²) in [7, 11) is 1.39. The topological polar surface area (TPSA) is 71.5 Å². The minimum Gasteiger partial charge on any atom is -0.453 e. The van der Waals surface area contributed by atoms with E-state index in [4.69, 9.17) is 4.74 Å². The van der Waals surface area contributed by atoms with E-state index < -0.39 is 0 Å². The highest BCUT2D eigenvalue weighted by Gasteiger charge is 2.24. The first-order valence-corrected chi connectivity index (χ1v) is 9.61. The number of carbonyl (C=O) groups excluding carboxylic acids is 2. The van der Waals surface area contributed by atoms with Crippen LogP contribution in [0.25, 0.3) is 0 Å². The van der Waals surface area contributed by atoms with Crippen LogP contribution in [-0.2, 0) is 22.4 Å². The first kappa shape index (κ1) is 18.4. The molecule has 0 atom stereocenters. The van der Waals surface area contributed by atoms with Crippen LogP contribution in [0.4, 0.5) is 4.79 Å². The smallest absolute Gasteiger partial charge is 0.409 e.